The van der Waals surface area contributed by atoms with E-state index < -0.39 is 0 Å². The zero-order chi connectivity index (χ0) is 14.4. The van der Waals surface area contributed by atoms with Gasteiger partial charge in [0, 0.05) is 18.6 Å². The predicted octanol–water partition coefficient (Wildman–Crippen LogP) is 1.76. The van der Waals surface area contributed by atoms with Crippen LogP contribution in [0.15, 0.2) is 0 Å². The molecule has 0 radical (unpaired) electrons. The van der Waals surface area contributed by atoms with Gasteiger partial charge < -0.3 is 10.6 Å². The molecule has 20 heavy (non-hydrogen) atoms. The Morgan fingerprint density at radius 3 is 2.40 bits per heavy atom. The SMILES string of the molecule is CC(C)C(CNC(=O)CNC1CCCC1)N1CCCC1. The number of carbonyl (C=O) groups excluding carboxylic acids is 1. The molecule has 4 heteroatoms. The predicted molar refractivity (Wildman–Crippen MR) is 82.7 cm³/mol. The van der Waals surface area contributed by atoms with Crippen LogP contribution in [0.25, 0.3) is 0 Å². The minimum absolute atomic E-state index is 0.154. The molecule has 1 amide bonds. The van der Waals surface area contributed by atoms with E-state index in [9.17, 15) is 4.79 Å². The lowest BCUT2D eigenvalue weighted by atomic mass is 10.0. The number of nitrogens with zero attached hydrogens (tertiary/aromatic N) is 1. The Hall–Kier alpha value is -0.610. The molecular formula is C16H31N3O. The molecule has 1 saturated heterocycles. The first-order chi connectivity index (χ1) is 9.66. The fourth-order valence-electron chi connectivity index (χ4n) is 3.51. The van der Waals surface area contributed by atoms with E-state index in [1.54, 1.807) is 0 Å². The molecule has 1 unspecified atom stereocenters. The third-order valence-corrected chi connectivity index (χ3v) is 4.79. The van der Waals surface area contributed by atoms with Gasteiger partial charge in [0.1, 0.15) is 0 Å². The molecule has 1 aliphatic heterocycles. The Morgan fingerprint density at radius 2 is 1.80 bits per heavy atom. The number of rotatable bonds is 7. The van der Waals surface area contributed by atoms with Crippen LogP contribution in [-0.2, 0) is 4.79 Å². The first-order valence-corrected chi connectivity index (χ1v) is 8.41. The highest BCUT2D eigenvalue weighted by Gasteiger charge is 2.25. The fraction of sp³-hybridized carbons (Fsp3) is 0.938. The van der Waals surface area contributed by atoms with Crippen LogP contribution >= 0.6 is 0 Å². The van der Waals surface area contributed by atoms with Gasteiger partial charge in [-0.05, 0) is 44.7 Å². The first kappa shape index (κ1) is 15.8. The van der Waals surface area contributed by atoms with Gasteiger partial charge >= 0.3 is 0 Å². The number of hydrogen-bond acceptors (Lipinski definition) is 3. The Balaban J connectivity index is 1.66. The topological polar surface area (TPSA) is 44.4 Å². The van der Waals surface area contributed by atoms with E-state index in [-0.39, 0.29) is 5.91 Å². The maximum Gasteiger partial charge on any atom is 0.234 e. The smallest absolute Gasteiger partial charge is 0.234 e. The van der Waals surface area contributed by atoms with Crippen molar-refractivity contribution in [2.75, 3.05) is 26.2 Å². The lowest BCUT2D eigenvalue weighted by molar-refractivity contribution is -0.120. The maximum absolute atomic E-state index is 11.9. The van der Waals surface area contributed by atoms with Crippen molar-refractivity contribution in [2.24, 2.45) is 5.92 Å². The van der Waals surface area contributed by atoms with E-state index in [4.69, 9.17) is 0 Å². The normalized spacial score (nSPS) is 22.6. The lowest BCUT2D eigenvalue weighted by Crippen LogP contribution is -2.47. The molecule has 0 aromatic rings. The van der Waals surface area contributed by atoms with Gasteiger partial charge in [-0.1, -0.05) is 26.7 Å². The average molecular weight is 281 g/mol. The van der Waals surface area contributed by atoms with Gasteiger partial charge in [0.15, 0.2) is 0 Å². The highest BCUT2D eigenvalue weighted by molar-refractivity contribution is 5.78. The largest absolute Gasteiger partial charge is 0.353 e. The first-order valence-electron chi connectivity index (χ1n) is 8.41. The molecule has 1 atom stereocenters. The molecule has 116 valence electrons. The van der Waals surface area contributed by atoms with Crippen molar-refractivity contribution < 1.29 is 4.79 Å². The van der Waals surface area contributed by atoms with Crippen LogP contribution in [0.2, 0.25) is 0 Å². The van der Waals surface area contributed by atoms with Crippen molar-refractivity contribution in [3.8, 4) is 0 Å². The summed E-state index contributed by atoms with van der Waals surface area (Å²) in [5.41, 5.74) is 0. The van der Waals surface area contributed by atoms with E-state index >= 15 is 0 Å². The molecule has 4 nitrogen and oxygen atoms in total. The molecule has 0 aromatic carbocycles. The zero-order valence-corrected chi connectivity index (χ0v) is 13.2. The van der Waals surface area contributed by atoms with Crippen LogP contribution in [0.5, 0.6) is 0 Å². The quantitative estimate of drug-likeness (QED) is 0.747. The molecule has 0 bridgehead atoms. The summed E-state index contributed by atoms with van der Waals surface area (Å²) in [6.07, 6.45) is 7.69. The van der Waals surface area contributed by atoms with Crippen molar-refractivity contribution in [3.05, 3.63) is 0 Å². The molecule has 2 aliphatic rings. The summed E-state index contributed by atoms with van der Waals surface area (Å²) in [6.45, 7) is 8.17. The highest BCUT2D eigenvalue weighted by Crippen LogP contribution is 2.18. The minimum atomic E-state index is 0.154. The van der Waals surface area contributed by atoms with Crippen molar-refractivity contribution >= 4 is 5.91 Å². The van der Waals surface area contributed by atoms with Crippen molar-refractivity contribution in [1.82, 2.24) is 15.5 Å². The number of amides is 1. The second-order valence-electron chi connectivity index (χ2n) is 6.72. The monoisotopic (exact) mass is 281 g/mol. The van der Waals surface area contributed by atoms with Gasteiger partial charge in [-0.25, -0.2) is 0 Å². The second kappa shape index (κ2) is 7.99. The molecule has 2 N–H and O–H groups in total. The summed E-state index contributed by atoms with van der Waals surface area (Å²) in [6, 6.07) is 1.06. The van der Waals surface area contributed by atoms with Crippen LogP contribution in [0, 0.1) is 5.92 Å². The molecule has 2 fully saturated rings. The third kappa shape index (κ3) is 4.74. The third-order valence-electron chi connectivity index (χ3n) is 4.79. The van der Waals surface area contributed by atoms with E-state index in [0.29, 0.717) is 24.5 Å². The maximum atomic E-state index is 11.9. The Labute approximate surface area is 123 Å². The van der Waals surface area contributed by atoms with Crippen LogP contribution in [0.1, 0.15) is 52.4 Å². The molecular weight excluding hydrogens is 250 g/mol. The number of nitrogens with one attached hydrogen (secondary N) is 2. The molecule has 2 rings (SSSR count). The van der Waals surface area contributed by atoms with E-state index in [2.05, 4.69) is 29.4 Å². The fourth-order valence-corrected chi connectivity index (χ4v) is 3.51. The Kier molecular flexibility index (Phi) is 6.30. The van der Waals surface area contributed by atoms with E-state index in [1.165, 1.54) is 51.6 Å². The standard InChI is InChI=1S/C16H31N3O/c1-13(2)15(19-9-5-6-10-19)11-18-16(20)12-17-14-7-3-4-8-14/h13-15,17H,3-12H2,1-2H3,(H,18,20). The molecule has 0 aromatic heterocycles. The van der Waals surface area contributed by atoms with Gasteiger partial charge in [0.05, 0.1) is 6.54 Å². The molecule has 0 spiro atoms. The number of carbonyl (C=O) groups is 1. The van der Waals surface area contributed by atoms with Crippen molar-refractivity contribution in [3.63, 3.8) is 0 Å². The van der Waals surface area contributed by atoms with Crippen molar-refractivity contribution in [2.45, 2.75) is 64.5 Å². The molecule has 1 aliphatic carbocycles. The summed E-state index contributed by atoms with van der Waals surface area (Å²) in [5.74, 6) is 0.748. The number of likely N-dealkylation sites (tertiary alicyclic amines) is 1. The van der Waals surface area contributed by atoms with E-state index in [1.807, 2.05) is 0 Å². The lowest BCUT2D eigenvalue weighted by Gasteiger charge is -2.31. The number of hydrogen-bond donors (Lipinski definition) is 2. The van der Waals surface area contributed by atoms with Crippen LogP contribution in [-0.4, -0.2) is 49.1 Å². The molecule has 1 heterocycles. The Morgan fingerprint density at radius 1 is 1.15 bits per heavy atom. The second-order valence-corrected chi connectivity index (χ2v) is 6.72. The summed E-state index contributed by atoms with van der Waals surface area (Å²) in [4.78, 5) is 14.5. The van der Waals surface area contributed by atoms with Gasteiger partial charge in [-0.15, -0.1) is 0 Å². The van der Waals surface area contributed by atoms with Gasteiger partial charge in [-0.2, -0.15) is 0 Å². The van der Waals surface area contributed by atoms with Crippen LogP contribution in [0.4, 0.5) is 0 Å². The minimum Gasteiger partial charge on any atom is -0.353 e. The van der Waals surface area contributed by atoms with E-state index in [0.717, 1.165) is 6.54 Å². The van der Waals surface area contributed by atoms with Crippen LogP contribution < -0.4 is 10.6 Å². The summed E-state index contributed by atoms with van der Waals surface area (Å²) in [7, 11) is 0. The molecule has 1 saturated carbocycles. The zero-order valence-electron chi connectivity index (χ0n) is 13.2. The van der Waals surface area contributed by atoms with Gasteiger partial charge in [-0.3, -0.25) is 9.69 Å². The van der Waals surface area contributed by atoms with Crippen LogP contribution in [0.3, 0.4) is 0 Å². The average Bonchev–Trinajstić information content (AvgIpc) is 3.09. The van der Waals surface area contributed by atoms with Gasteiger partial charge in [0.2, 0.25) is 5.91 Å². The summed E-state index contributed by atoms with van der Waals surface area (Å²) >= 11 is 0. The highest BCUT2D eigenvalue weighted by atomic mass is 16.1. The van der Waals surface area contributed by atoms with Gasteiger partial charge in [0.25, 0.3) is 0 Å². The summed E-state index contributed by atoms with van der Waals surface area (Å²) in [5, 5.41) is 6.50. The Bertz CT molecular complexity index is 294. The van der Waals surface area contributed by atoms with Crippen molar-refractivity contribution in [1.29, 1.82) is 0 Å². The summed E-state index contributed by atoms with van der Waals surface area (Å²) < 4.78 is 0.